The summed E-state index contributed by atoms with van der Waals surface area (Å²) >= 11 is 0. The second-order valence-electron chi connectivity index (χ2n) is 7.81. The minimum atomic E-state index is 0.744. The number of anilines is 3. The molecule has 144 valence electrons. The molecule has 0 radical (unpaired) electrons. The monoisotopic (exact) mass is 372 g/mol. The summed E-state index contributed by atoms with van der Waals surface area (Å²) in [6, 6.07) is 21.2. The predicted octanol–water partition coefficient (Wildman–Crippen LogP) is 5.30. The lowest BCUT2D eigenvalue weighted by Gasteiger charge is -2.32. The summed E-state index contributed by atoms with van der Waals surface area (Å²) in [6.45, 7) is 6.17. The minimum absolute atomic E-state index is 0.744. The Morgan fingerprint density at radius 3 is 2.46 bits per heavy atom. The van der Waals surface area contributed by atoms with Crippen molar-refractivity contribution in [1.82, 2.24) is 9.97 Å². The van der Waals surface area contributed by atoms with Crippen molar-refractivity contribution in [1.29, 1.82) is 0 Å². The molecule has 3 aromatic rings. The Morgan fingerprint density at radius 2 is 1.71 bits per heavy atom. The molecule has 2 heterocycles. The number of nitrogens with zero attached hydrogens (tertiary/aromatic N) is 3. The van der Waals surface area contributed by atoms with E-state index in [4.69, 9.17) is 9.97 Å². The van der Waals surface area contributed by atoms with Crippen molar-refractivity contribution in [2.45, 2.75) is 33.1 Å². The van der Waals surface area contributed by atoms with Crippen LogP contribution in [0.1, 0.15) is 29.7 Å². The van der Waals surface area contributed by atoms with Gasteiger partial charge in [0.05, 0.1) is 0 Å². The second kappa shape index (κ2) is 8.42. The van der Waals surface area contributed by atoms with Crippen molar-refractivity contribution < 1.29 is 0 Å². The Kier molecular flexibility index (Phi) is 5.56. The minimum Gasteiger partial charge on any atom is -0.341 e. The van der Waals surface area contributed by atoms with Crippen LogP contribution in [0.2, 0.25) is 0 Å². The lowest BCUT2D eigenvalue weighted by molar-refractivity contribution is 0.400. The Labute approximate surface area is 167 Å². The summed E-state index contributed by atoms with van der Waals surface area (Å²) in [5.41, 5.74) is 4.73. The summed E-state index contributed by atoms with van der Waals surface area (Å²) in [6.07, 6.45) is 3.54. The highest BCUT2D eigenvalue weighted by Crippen LogP contribution is 2.25. The first-order valence-electron chi connectivity index (χ1n) is 10.1. The molecule has 0 amide bonds. The molecule has 0 saturated carbocycles. The molecule has 1 saturated heterocycles. The molecule has 1 aliphatic heterocycles. The molecule has 4 nitrogen and oxygen atoms in total. The maximum Gasteiger partial charge on any atom is 0.227 e. The third-order valence-electron chi connectivity index (χ3n) is 5.40. The van der Waals surface area contributed by atoms with Gasteiger partial charge in [0.1, 0.15) is 5.82 Å². The molecule has 1 N–H and O–H groups in total. The van der Waals surface area contributed by atoms with Gasteiger partial charge >= 0.3 is 0 Å². The average molecular weight is 373 g/mol. The van der Waals surface area contributed by atoms with Crippen LogP contribution in [-0.2, 0) is 6.42 Å². The Hall–Kier alpha value is -2.88. The van der Waals surface area contributed by atoms with Crippen LogP contribution in [0.3, 0.4) is 0 Å². The van der Waals surface area contributed by atoms with E-state index in [1.807, 2.05) is 13.0 Å². The van der Waals surface area contributed by atoms with E-state index < -0.39 is 0 Å². The zero-order valence-electron chi connectivity index (χ0n) is 16.7. The first-order chi connectivity index (χ1) is 13.7. The van der Waals surface area contributed by atoms with Crippen molar-refractivity contribution in [3.8, 4) is 0 Å². The van der Waals surface area contributed by atoms with Crippen LogP contribution < -0.4 is 10.2 Å². The fourth-order valence-corrected chi connectivity index (χ4v) is 3.91. The first kappa shape index (κ1) is 18.5. The molecular formula is C24H28N4. The van der Waals surface area contributed by atoms with E-state index >= 15 is 0 Å². The van der Waals surface area contributed by atoms with Crippen molar-refractivity contribution in [2.75, 3.05) is 23.3 Å². The van der Waals surface area contributed by atoms with Gasteiger partial charge in [-0.05, 0) is 62.3 Å². The van der Waals surface area contributed by atoms with Crippen LogP contribution in [-0.4, -0.2) is 23.1 Å². The maximum absolute atomic E-state index is 4.79. The Balaban J connectivity index is 1.41. The molecule has 2 aromatic carbocycles. The van der Waals surface area contributed by atoms with Crippen LogP contribution in [0.5, 0.6) is 0 Å². The SMILES string of the molecule is Cc1cccc(Nc2cc(C)nc(N3CCC(Cc4ccccc4)CC3)n2)c1. The van der Waals surface area contributed by atoms with E-state index in [1.165, 1.54) is 30.4 Å². The van der Waals surface area contributed by atoms with Crippen LogP contribution in [0.25, 0.3) is 0 Å². The second-order valence-corrected chi connectivity index (χ2v) is 7.81. The highest BCUT2D eigenvalue weighted by atomic mass is 15.3. The van der Waals surface area contributed by atoms with Gasteiger partial charge in [-0.25, -0.2) is 4.98 Å². The van der Waals surface area contributed by atoms with E-state index in [1.54, 1.807) is 0 Å². The molecule has 1 aliphatic rings. The maximum atomic E-state index is 4.79. The molecule has 0 spiro atoms. The number of benzene rings is 2. The number of hydrogen-bond donors (Lipinski definition) is 1. The molecule has 1 aromatic heterocycles. The fourth-order valence-electron chi connectivity index (χ4n) is 3.91. The van der Waals surface area contributed by atoms with Gasteiger partial charge in [0.15, 0.2) is 0 Å². The summed E-state index contributed by atoms with van der Waals surface area (Å²) in [5, 5.41) is 3.43. The number of nitrogens with one attached hydrogen (secondary N) is 1. The quantitative estimate of drug-likeness (QED) is 0.660. The van der Waals surface area contributed by atoms with E-state index in [0.717, 1.165) is 42.2 Å². The molecule has 0 aliphatic carbocycles. The van der Waals surface area contributed by atoms with Gasteiger partial charge in [-0.2, -0.15) is 4.98 Å². The van der Waals surface area contributed by atoms with Crippen molar-refractivity contribution in [3.05, 3.63) is 77.5 Å². The zero-order chi connectivity index (χ0) is 19.3. The van der Waals surface area contributed by atoms with Gasteiger partial charge in [0.25, 0.3) is 0 Å². The van der Waals surface area contributed by atoms with Crippen LogP contribution in [0, 0.1) is 19.8 Å². The van der Waals surface area contributed by atoms with Gasteiger partial charge in [0, 0.05) is 30.5 Å². The smallest absolute Gasteiger partial charge is 0.227 e. The molecule has 28 heavy (non-hydrogen) atoms. The van der Waals surface area contributed by atoms with Crippen LogP contribution in [0.4, 0.5) is 17.5 Å². The fraction of sp³-hybridized carbons (Fsp3) is 0.333. The highest BCUT2D eigenvalue weighted by Gasteiger charge is 2.21. The third-order valence-corrected chi connectivity index (χ3v) is 5.40. The zero-order valence-corrected chi connectivity index (χ0v) is 16.7. The van der Waals surface area contributed by atoms with Crippen molar-refractivity contribution in [2.24, 2.45) is 5.92 Å². The molecule has 0 bridgehead atoms. The average Bonchev–Trinajstić information content (AvgIpc) is 2.69. The molecule has 1 fully saturated rings. The topological polar surface area (TPSA) is 41.1 Å². The number of aromatic nitrogens is 2. The molecule has 4 heteroatoms. The normalized spacial score (nSPS) is 14.9. The molecule has 4 rings (SSSR count). The lowest BCUT2D eigenvalue weighted by atomic mass is 9.90. The van der Waals surface area contributed by atoms with E-state index in [-0.39, 0.29) is 0 Å². The number of piperidine rings is 1. The Bertz CT molecular complexity index is 915. The number of rotatable bonds is 5. The Morgan fingerprint density at radius 1 is 0.929 bits per heavy atom. The summed E-state index contributed by atoms with van der Waals surface area (Å²) in [7, 11) is 0. The predicted molar refractivity (Wildman–Crippen MR) is 116 cm³/mol. The van der Waals surface area contributed by atoms with Crippen LogP contribution in [0.15, 0.2) is 60.7 Å². The molecule has 0 unspecified atom stereocenters. The highest BCUT2D eigenvalue weighted by molar-refractivity contribution is 5.58. The van der Waals surface area contributed by atoms with Gasteiger partial charge in [0.2, 0.25) is 5.95 Å². The van der Waals surface area contributed by atoms with Gasteiger partial charge in [-0.1, -0.05) is 42.5 Å². The molecule has 0 atom stereocenters. The van der Waals surface area contributed by atoms with Gasteiger partial charge in [-0.15, -0.1) is 0 Å². The number of aryl methyl sites for hydroxylation is 2. The summed E-state index contributed by atoms with van der Waals surface area (Å²) in [4.78, 5) is 11.8. The standard InChI is InChI=1S/C24H28N4/c1-18-7-6-10-22(15-18)26-23-16-19(2)25-24(27-23)28-13-11-21(12-14-28)17-20-8-4-3-5-9-20/h3-10,15-16,21H,11-14,17H2,1-2H3,(H,25,26,27). The number of hydrogen-bond acceptors (Lipinski definition) is 4. The summed E-state index contributed by atoms with van der Waals surface area (Å²) in [5.74, 6) is 2.45. The largest absolute Gasteiger partial charge is 0.341 e. The van der Waals surface area contributed by atoms with Crippen LogP contribution >= 0.6 is 0 Å². The van der Waals surface area contributed by atoms with Gasteiger partial charge in [-0.3, -0.25) is 0 Å². The van der Waals surface area contributed by atoms with Crippen molar-refractivity contribution in [3.63, 3.8) is 0 Å². The first-order valence-corrected chi connectivity index (χ1v) is 10.1. The van der Waals surface area contributed by atoms with E-state index in [2.05, 4.69) is 71.7 Å². The van der Waals surface area contributed by atoms with Gasteiger partial charge < -0.3 is 10.2 Å². The van der Waals surface area contributed by atoms with E-state index in [9.17, 15) is 0 Å². The molecular weight excluding hydrogens is 344 g/mol. The lowest BCUT2D eigenvalue weighted by Crippen LogP contribution is -2.35. The summed E-state index contributed by atoms with van der Waals surface area (Å²) < 4.78 is 0. The third kappa shape index (κ3) is 4.69. The van der Waals surface area contributed by atoms with Crippen molar-refractivity contribution >= 4 is 17.5 Å². The van der Waals surface area contributed by atoms with E-state index in [0.29, 0.717) is 0 Å².